The van der Waals surface area contributed by atoms with Crippen LogP contribution in [-0.4, -0.2) is 50.9 Å². The molecular weight excluding hydrogens is 510 g/mol. The molecule has 0 bridgehead atoms. The van der Waals surface area contributed by atoms with E-state index in [9.17, 15) is 43.2 Å². The van der Waals surface area contributed by atoms with Crippen LogP contribution in [0.3, 0.4) is 0 Å². The molecule has 0 unspecified atom stereocenters. The average molecular weight is 512 g/mol. The summed E-state index contributed by atoms with van der Waals surface area (Å²) in [4.78, 5) is 0. The molecule has 0 radical (unpaired) electrons. The van der Waals surface area contributed by atoms with Crippen LogP contribution in [0, 0.1) is 6.07 Å². The van der Waals surface area contributed by atoms with E-state index in [0.717, 1.165) is 0 Å². The second-order valence-electron chi connectivity index (χ2n) is 3.49. The van der Waals surface area contributed by atoms with Gasteiger partial charge in [-0.25, -0.2) is 0 Å². The van der Waals surface area contributed by atoms with Crippen LogP contribution in [-0.2, 0) is 20.2 Å². The first-order valence-electron chi connectivity index (χ1n) is 4.79. The molecule has 1 aromatic carbocycles. The van der Waals surface area contributed by atoms with Crippen LogP contribution in [0.15, 0.2) is 16.6 Å². The summed E-state index contributed by atoms with van der Waals surface area (Å²) in [5.74, 6) is -2.49. The molecule has 1 aromatic rings. The van der Waals surface area contributed by atoms with E-state index in [1.807, 2.05) is 0 Å². The van der Waals surface area contributed by atoms with Crippen LogP contribution >= 0.6 is 15.9 Å². The Kier molecular flexibility index (Phi) is 9.40. The maximum Gasteiger partial charge on any atom is 2.00 e. The number of hydrogen-bond acceptors (Lipinski definition) is 6. The average Bonchev–Trinajstić information content (AvgIpc) is 2.22. The van der Waals surface area contributed by atoms with Crippen LogP contribution in [0.25, 0.3) is 0 Å². The minimum Gasteiger partial charge on any atom is -1.00 e. The molecule has 0 aliphatic heterocycles. The van der Waals surface area contributed by atoms with Gasteiger partial charge in [0, 0.05) is 11.5 Å². The second-order valence-corrected chi connectivity index (χ2v) is 7.48. The van der Waals surface area contributed by atoms with Crippen molar-refractivity contribution in [3.8, 4) is 11.5 Å². The molecule has 0 spiro atoms. The van der Waals surface area contributed by atoms with Gasteiger partial charge in [-0.05, 0) is 0 Å². The Morgan fingerprint density at radius 1 is 0.840 bits per heavy atom. The van der Waals surface area contributed by atoms with Crippen LogP contribution < -0.4 is 20.8 Å². The van der Waals surface area contributed by atoms with Gasteiger partial charge in [-0.1, -0.05) is 26.5 Å². The number of alkyl halides is 6. The summed E-state index contributed by atoms with van der Waals surface area (Å²) in [7, 11) is -12.3. The van der Waals surface area contributed by atoms with E-state index in [0.29, 0.717) is 12.1 Å². The maximum atomic E-state index is 12.1. The third-order valence-electron chi connectivity index (χ3n) is 1.75. The van der Waals surface area contributed by atoms with Gasteiger partial charge in [0.2, 0.25) is 0 Å². The van der Waals surface area contributed by atoms with Crippen LogP contribution in [0.1, 0.15) is 0 Å². The van der Waals surface area contributed by atoms with Crippen LogP contribution in [0.5, 0.6) is 11.5 Å². The van der Waals surface area contributed by atoms with Gasteiger partial charge >= 0.3 is 54.3 Å². The van der Waals surface area contributed by atoms with Crippen molar-refractivity contribution in [3.63, 3.8) is 0 Å². The molecule has 17 heteroatoms. The molecule has 6 nitrogen and oxygen atoms in total. The van der Waals surface area contributed by atoms with Crippen molar-refractivity contribution >= 4 is 59.2 Å². The van der Waals surface area contributed by atoms with E-state index in [-0.39, 0.29) is 39.9 Å². The van der Waals surface area contributed by atoms with Gasteiger partial charge < -0.3 is 20.8 Å². The van der Waals surface area contributed by atoms with Gasteiger partial charge in [0.15, 0.2) is 0 Å². The van der Waals surface area contributed by atoms with Crippen molar-refractivity contribution in [1.82, 2.24) is 0 Å². The molecule has 25 heavy (non-hydrogen) atoms. The zero-order chi connectivity index (χ0) is 18.3. The summed E-state index contributed by atoms with van der Waals surface area (Å²) in [5.41, 5.74) is -11.6. The zero-order valence-corrected chi connectivity index (χ0v) is 16.5. The number of benzene rings is 1. The number of rotatable bonds is 4. The smallest absolute Gasteiger partial charge is 1.00 e. The molecule has 0 amide bonds. The Morgan fingerprint density at radius 3 is 1.36 bits per heavy atom. The SMILES string of the molecule is O=S(=O)(Oc1[c-]c(OS(=O)(=O)C(F)(F)F)cc(Br)c1)C(F)(F)F.[Cl-].[Mg+2]. The molecule has 0 atom stereocenters. The van der Waals surface area contributed by atoms with Crippen molar-refractivity contribution in [2.45, 2.75) is 11.0 Å². The van der Waals surface area contributed by atoms with E-state index in [1.54, 1.807) is 0 Å². The zero-order valence-electron chi connectivity index (χ0n) is 11.2. The van der Waals surface area contributed by atoms with E-state index < -0.39 is 42.8 Å². The molecule has 0 saturated carbocycles. The fraction of sp³-hybridized carbons (Fsp3) is 0.250. The largest absolute Gasteiger partial charge is 2.00 e. The van der Waals surface area contributed by atoms with E-state index in [4.69, 9.17) is 0 Å². The summed E-state index contributed by atoms with van der Waals surface area (Å²) in [6.45, 7) is 0. The molecule has 0 fully saturated rings. The number of hydrogen-bond donors (Lipinski definition) is 0. The quantitative estimate of drug-likeness (QED) is 0.175. The van der Waals surface area contributed by atoms with Crippen molar-refractivity contribution in [2.75, 3.05) is 0 Å². The van der Waals surface area contributed by atoms with Crippen molar-refractivity contribution in [2.24, 2.45) is 0 Å². The van der Waals surface area contributed by atoms with Crippen molar-refractivity contribution in [1.29, 1.82) is 0 Å². The topological polar surface area (TPSA) is 86.7 Å². The van der Waals surface area contributed by atoms with Crippen LogP contribution in [0.2, 0.25) is 0 Å². The summed E-state index contributed by atoms with van der Waals surface area (Å²) < 4.78 is 123. The van der Waals surface area contributed by atoms with Crippen molar-refractivity contribution in [3.05, 3.63) is 22.7 Å². The summed E-state index contributed by atoms with van der Waals surface area (Å²) in [5, 5.41) is 0. The molecule has 0 aliphatic carbocycles. The first kappa shape index (κ1) is 27.1. The number of halogens is 8. The Labute approximate surface area is 167 Å². The van der Waals surface area contributed by atoms with E-state index >= 15 is 0 Å². The van der Waals surface area contributed by atoms with Gasteiger partial charge in [-0.3, -0.25) is 0 Å². The summed E-state index contributed by atoms with van der Waals surface area (Å²) >= 11 is 2.60. The Balaban J connectivity index is 0. The minimum atomic E-state index is -6.14. The molecule has 1 rings (SSSR count). The molecule has 0 saturated heterocycles. The molecule has 0 aromatic heterocycles. The molecular formula is C8H2BrClF6MgO6S2. The first-order chi connectivity index (χ1) is 10.1. The Hall–Kier alpha value is -0.164. The van der Waals surface area contributed by atoms with Gasteiger partial charge in [0.25, 0.3) is 0 Å². The van der Waals surface area contributed by atoms with Gasteiger partial charge in [0.05, 0.1) is 0 Å². The Bertz CT molecular complexity index is 745. The minimum absolute atomic E-state index is 0. The normalized spacial score (nSPS) is 12.6. The monoisotopic (exact) mass is 510 g/mol. The fourth-order valence-corrected chi connectivity index (χ4v) is 2.16. The molecule has 140 valence electrons. The van der Waals surface area contributed by atoms with E-state index in [2.05, 4.69) is 24.3 Å². The predicted molar refractivity (Wildman–Crippen MR) is 69.9 cm³/mol. The fourth-order valence-electron chi connectivity index (χ4n) is 0.906. The van der Waals surface area contributed by atoms with E-state index in [1.165, 1.54) is 6.07 Å². The first-order valence-corrected chi connectivity index (χ1v) is 8.40. The molecule has 0 heterocycles. The van der Waals surface area contributed by atoms with Crippen molar-refractivity contribution < 1.29 is 64.0 Å². The standard InChI is InChI=1S/C8H2BrF6O6S2.ClH.Mg/c9-4-1-5(20-22(16,17)7(10,11)12)3-6(2-4)21-23(18,19)8(13,14)15;;/h1-2H;1H;/q-1;;+2/p-1. The maximum absolute atomic E-state index is 12.1. The Morgan fingerprint density at radius 2 is 1.12 bits per heavy atom. The van der Waals surface area contributed by atoms with Crippen LogP contribution in [0.4, 0.5) is 26.3 Å². The van der Waals surface area contributed by atoms with Gasteiger partial charge in [0.1, 0.15) is 0 Å². The second kappa shape index (κ2) is 8.68. The molecule has 0 N–H and O–H groups in total. The summed E-state index contributed by atoms with van der Waals surface area (Å²) in [6, 6.07) is 2.67. The summed E-state index contributed by atoms with van der Waals surface area (Å²) in [6.07, 6.45) is 0. The third-order valence-corrected chi connectivity index (χ3v) is 4.14. The molecule has 0 aliphatic rings. The predicted octanol–water partition coefficient (Wildman–Crippen LogP) is -0.671. The van der Waals surface area contributed by atoms with Gasteiger partial charge in [-0.2, -0.15) is 43.2 Å². The third kappa shape index (κ3) is 7.16. The van der Waals surface area contributed by atoms with Gasteiger partial charge in [-0.15, -0.1) is 12.1 Å².